The summed E-state index contributed by atoms with van der Waals surface area (Å²) in [4.78, 5) is 2.62. The predicted molar refractivity (Wildman–Crippen MR) is 73.2 cm³/mol. The zero-order valence-corrected chi connectivity index (χ0v) is 10.9. The molecule has 1 aromatic rings. The van der Waals surface area contributed by atoms with E-state index >= 15 is 0 Å². The lowest BCUT2D eigenvalue weighted by Crippen LogP contribution is -2.25. The smallest absolute Gasteiger partial charge is 0.00223 e. The number of benzene rings is 1. The minimum atomic E-state index is 0.872. The fourth-order valence-corrected chi connectivity index (χ4v) is 2.72. The zero-order chi connectivity index (χ0) is 11.9. The van der Waals surface area contributed by atoms with Gasteiger partial charge >= 0.3 is 0 Å². The molecule has 94 valence electrons. The van der Waals surface area contributed by atoms with Crippen LogP contribution in [0.4, 0.5) is 0 Å². The molecule has 1 aliphatic heterocycles. The number of hydrogen-bond acceptors (Lipinski definition) is 2. The highest BCUT2D eigenvalue weighted by Gasteiger charge is 2.20. The molecule has 0 amide bonds. The van der Waals surface area contributed by atoms with Gasteiger partial charge in [0.2, 0.25) is 0 Å². The first-order valence-corrected chi connectivity index (χ1v) is 6.79. The standard InChI is InChI=1S/C15H24N2/c1-16-12-15-9-11-17(13-15)10-5-8-14-6-3-2-4-7-14/h2-4,6-7,15-16H,5,8-13H2,1H3. The van der Waals surface area contributed by atoms with Crippen LogP contribution in [0.1, 0.15) is 18.4 Å². The molecule has 0 bridgehead atoms. The quantitative estimate of drug-likeness (QED) is 0.808. The van der Waals surface area contributed by atoms with Gasteiger partial charge in [-0.3, -0.25) is 0 Å². The van der Waals surface area contributed by atoms with Crippen molar-refractivity contribution >= 4 is 0 Å². The van der Waals surface area contributed by atoms with Gasteiger partial charge in [-0.25, -0.2) is 0 Å². The molecular formula is C15H24N2. The molecule has 0 radical (unpaired) electrons. The SMILES string of the molecule is CNCC1CCN(CCCc2ccccc2)C1. The van der Waals surface area contributed by atoms with E-state index in [4.69, 9.17) is 0 Å². The molecule has 0 spiro atoms. The maximum absolute atomic E-state index is 3.29. The number of aryl methyl sites for hydroxylation is 1. The Kier molecular flexibility index (Phi) is 5.02. The summed E-state index contributed by atoms with van der Waals surface area (Å²) in [5.41, 5.74) is 1.47. The van der Waals surface area contributed by atoms with E-state index in [9.17, 15) is 0 Å². The Bertz CT molecular complexity index is 310. The lowest BCUT2D eigenvalue weighted by Gasteiger charge is -2.15. The van der Waals surface area contributed by atoms with Gasteiger partial charge in [0, 0.05) is 6.54 Å². The summed E-state index contributed by atoms with van der Waals surface area (Å²) in [7, 11) is 2.05. The molecule has 2 rings (SSSR count). The minimum Gasteiger partial charge on any atom is -0.319 e. The van der Waals surface area contributed by atoms with E-state index in [1.54, 1.807) is 0 Å². The number of rotatable bonds is 6. The summed E-state index contributed by atoms with van der Waals surface area (Å²) in [5, 5.41) is 3.29. The van der Waals surface area contributed by atoms with E-state index in [2.05, 4.69) is 47.6 Å². The van der Waals surface area contributed by atoms with Crippen molar-refractivity contribution < 1.29 is 0 Å². The van der Waals surface area contributed by atoms with Crippen LogP contribution in [-0.4, -0.2) is 38.1 Å². The third kappa shape index (κ3) is 4.14. The van der Waals surface area contributed by atoms with E-state index in [1.807, 2.05) is 0 Å². The zero-order valence-electron chi connectivity index (χ0n) is 10.9. The first-order chi connectivity index (χ1) is 8.38. The summed E-state index contributed by atoms with van der Waals surface area (Å²) < 4.78 is 0. The van der Waals surface area contributed by atoms with E-state index < -0.39 is 0 Å². The maximum Gasteiger partial charge on any atom is 0.00223 e. The highest BCUT2D eigenvalue weighted by Crippen LogP contribution is 2.15. The summed E-state index contributed by atoms with van der Waals surface area (Å²) >= 11 is 0. The lowest BCUT2D eigenvalue weighted by atomic mass is 10.1. The highest BCUT2D eigenvalue weighted by molar-refractivity contribution is 5.14. The third-order valence-corrected chi connectivity index (χ3v) is 3.65. The molecule has 1 atom stereocenters. The first kappa shape index (κ1) is 12.6. The van der Waals surface area contributed by atoms with E-state index in [0.717, 1.165) is 5.92 Å². The molecule has 1 unspecified atom stereocenters. The van der Waals surface area contributed by atoms with Crippen LogP contribution in [0, 0.1) is 5.92 Å². The van der Waals surface area contributed by atoms with Gasteiger partial charge in [-0.2, -0.15) is 0 Å². The number of hydrogen-bond donors (Lipinski definition) is 1. The van der Waals surface area contributed by atoms with Crippen molar-refractivity contribution in [2.45, 2.75) is 19.3 Å². The fraction of sp³-hybridized carbons (Fsp3) is 0.600. The van der Waals surface area contributed by atoms with Gasteiger partial charge in [0.25, 0.3) is 0 Å². The first-order valence-electron chi connectivity index (χ1n) is 6.79. The van der Waals surface area contributed by atoms with Crippen molar-refractivity contribution in [2.75, 3.05) is 33.2 Å². The summed E-state index contributed by atoms with van der Waals surface area (Å²) in [6.07, 6.45) is 3.87. The molecule has 2 nitrogen and oxygen atoms in total. The summed E-state index contributed by atoms with van der Waals surface area (Å²) in [6.45, 7) is 5.01. The van der Waals surface area contributed by atoms with Gasteiger partial charge in [-0.15, -0.1) is 0 Å². The molecule has 0 aromatic heterocycles. The molecule has 1 fully saturated rings. The average molecular weight is 232 g/mol. The molecule has 17 heavy (non-hydrogen) atoms. The van der Waals surface area contributed by atoms with Crippen molar-refractivity contribution in [3.8, 4) is 0 Å². The molecule has 1 N–H and O–H groups in total. The molecule has 1 heterocycles. The Morgan fingerprint density at radius 1 is 1.29 bits per heavy atom. The Balaban J connectivity index is 1.63. The van der Waals surface area contributed by atoms with E-state index in [0.29, 0.717) is 0 Å². The lowest BCUT2D eigenvalue weighted by molar-refractivity contribution is 0.318. The van der Waals surface area contributed by atoms with Crippen molar-refractivity contribution in [2.24, 2.45) is 5.92 Å². The Labute approximate surface area is 105 Å². The molecular weight excluding hydrogens is 208 g/mol. The predicted octanol–water partition coefficient (Wildman–Crippen LogP) is 2.16. The van der Waals surface area contributed by atoms with Gasteiger partial charge in [-0.05, 0) is 57.4 Å². The second-order valence-electron chi connectivity index (χ2n) is 5.10. The van der Waals surface area contributed by atoms with Crippen LogP contribution in [0.15, 0.2) is 30.3 Å². The van der Waals surface area contributed by atoms with Crippen molar-refractivity contribution in [3.63, 3.8) is 0 Å². The minimum absolute atomic E-state index is 0.872. The Morgan fingerprint density at radius 3 is 2.88 bits per heavy atom. The Hall–Kier alpha value is -0.860. The van der Waals surface area contributed by atoms with Crippen molar-refractivity contribution in [3.05, 3.63) is 35.9 Å². The summed E-state index contributed by atoms with van der Waals surface area (Å²) in [5.74, 6) is 0.872. The van der Waals surface area contributed by atoms with Crippen LogP contribution in [-0.2, 0) is 6.42 Å². The van der Waals surface area contributed by atoms with E-state index in [1.165, 1.54) is 51.0 Å². The second-order valence-corrected chi connectivity index (χ2v) is 5.10. The molecule has 0 saturated carbocycles. The van der Waals surface area contributed by atoms with Crippen LogP contribution in [0.2, 0.25) is 0 Å². The molecule has 0 aliphatic carbocycles. The monoisotopic (exact) mass is 232 g/mol. The van der Waals surface area contributed by atoms with Gasteiger partial charge in [0.05, 0.1) is 0 Å². The number of nitrogens with one attached hydrogen (secondary N) is 1. The number of nitrogens with zero attached hydrogens (tertiary/aromatic N) is 1. The largest absolute Gasteiger partial charge is 0.319 e. The fourth-order valence-electron chi connectivity index (χ4n) is 2.72. The average Bonchev–Trinajstić information content (AvgIpc) is 2.79. The van der Waals surface area contributed by atoms with E-state index in [-0.39, 0.29) is 0 Å². The molecule has 2 heteroatoms. The molecule has 1 aromatic carbocycles. The van der Waals surface area contributed by atoms with Crippen LogP contribution < -0.4 is 5.32 Å². The van der Waals surface area contributed by atoms with Crippen molar-refractivity contribution in [1.29, 1.82) is 0 Å². The van der Waals surface area contributed by atoms with Gasteiger partial charge in [0.1, 0.15) is 0 Å². The number of likely N-dealkylation sites (tertiary alicyclic amines) is 1. The second kappa shape index (κ2) is 6.77. The Morgan fingerprint density at radius 2 is 2.12 bits per heavy atom. The normalized spacial score (nSPS) is 20.9. The summed E-state index contributed by atoms with van der Waals surface area (Å²) in [6, 6.07) is 10.8. The van der Waals surface area contributed by atoms with Crippen LogP contribution >= 0.6 is 0 Å². The topological polar surface area (TPSA) is 15.3 Å². The van der Waals surface area contributed by atoms with Gasteiger partial charge < -0.3 is 10.2 Å². The van der Waals surface area contributed by atoms with Gasteiger partial charge in [-0.1, -0.05) is 30.3 Å². The molecule has 1 aliphatic rings. The van der Waals surface area contributed by atoms with Gasteiger partial charge in [0.15, 0.2) is 0 Å². The van der Waals surface area contributed by atoms with Crippen LogP contribution in [0.25, 0.3) is 0 Å². The van der Waals surface area contributed by atoms with Crippen LogP contribution in [0.5, 0.6) is 0 Å². The maximum atomic E-state index is 3.29. The highest BCUT2D eigenvalue weighted by atomic mass is 15.1. The molecule has 1 saturated heterocycles. The van der Waals surface area contributed by atoms with Crippen molar-refractivity contribution in [1.82, 2.24) is 10.2 Å². The van der Waals surface area contributed by atoms with Crippen LogP contribution in [0.3, 0.4) is 0 Å². The third-order valence-electron chi connectivity index (χ3n) is 3.65.